The van der Waals surface area contributed by atoms with E-state index in [-0.39, 0.29) is 24.0 Å². The second-order valence-electron chi connectivity index (χ2n) is 7.37. The minimum atomic E-state index is -0.500. The van der Waals surface area contributed by atoms with E-state index in [1.165, 1.54) is 0 Å². The molecule has 8 nitrogen and oxygen atoms in total. The van der Waals surface area contributed by atoms with Gasteiger partial charge in [-0.15, -0.1) is 24.0 Å². The molecule has 0 atom stereocenters. The zero-order valence-corrected chi connectivity index (χ0v) is 19.4. The average Bonchev–Trinajstić information content (AvgIpc) is 2.61. The van der Waals surface area contributed by atoms with Crippen molar-refractivity contribution in [3.8, 4) is 5.75 Å². The molecule has 0 aromatic heterocycles. The van der Waals surface area contributed by atoms with E-state index in [0.29, 0.717) is 18.8 Å². The number of nitrogens with zero attached hydrogens (tertiary/aromatic N) is 3. The molecule has 2 rings (SSSR count). The number of aliphatic imine (C=N–C) groups is 1. The number of para-hydroxylation sites is 2. The van der Waals surface area contributed by atoms with Crippen LogP contribution in [0.3, 0.4) is 0 Å². The minimum Gasteiger partial charge on any atom is -0.506 e. The predicted molar refractivity (Wildman–Crippen MR) is 123 cm³/mol. The fraction of sp³-hybridized carbons (Fsp3) is 0.579. The number of aromatic hydroxyl groups is 1. The maximum absolute atomic E-state index is 11.6. The number of benzene rings is 1. The van der Waals surface area contributed by atoms with Crippen LogP contribution < -0.4 is 15.5 Å². The van der Waals surface area contributed by atoms with Gasteiger partial charge in [0, 0.05) is 46.3 Å². The van der Waals surface area contributed by atoms with Crippen LogP contribution in [0.15, 0.2) is 29.3 Å². The summed E-state index contributed by atoms with van der Waals surface area (Å²) in [5, 5.41) is 16.0. The molecule has 0 unspecified atom stereocenters. The number of phenols is 1. The highest BCUT2D eigenvalue weighted by Crippen LogP contribution is 2.27. The van der Waals surface area contributed by atoms with Gasteiger partial charge in [0.15, 0.2) is 5.96 Å². The number of guanidine groups is 1. The quantitative estimate of drug-likeness (QED) is 0.252. The summed E-state index contributed by atoms with van der Waals surface area (Å²) in [7, 11) is 1.75. The van der Waals surface area contributed by atoms with Crippen molar-refractivity contribution in [1.29, 1.82) is 0 Å². The molecule has 1 heterocycles. The van der Waals surface area contributed by atoms with Crippen LogP contribution in [0, 0.1) is 0 Å². The number of rotatable bonds is 4. The smallest absolute Gasteiger partial charge is 0.407 e. The molecule has 0 saturated carbocycles. The molecule has 0 spiro atoms. The summed E-state index contributed by atoms with van der Waals surface area (Å²) in [5.74, 6) is 1.11. The Kier molecular flexibility index (Phi) is 9.63. The van der Waals surface area contributed by atoms with E-state index < -0.39 is 11.7 Å². The van der Waals surface area contributed by atoms with Crippen LogP contribution in [0.5, 0.6) is 5.75 Å². The molecular weight excluding hydrogens is 473 g/mol. The average molecular weight is 505 g/mol. The summed E-state index contributed by atoms with van der Waals surface area (Å²) < 4.78 is 5.21. The van der Waals surface area contributed by atoms with Crippen molar-refractivity contribution in [1.82, 2.24) is 15.5 Å². The first kappa shape index (κ1) is 24.1. The van der Waals surface area contributed by atoms with E-state index in [1.54, 1.807) is 13.1 Å². The van der Waals surface area contributed by atoms with Crippen molar-refractivity contribution in [3.63, 3.8) is 0 Å². The highest BCUT2D eigenvalue weighted by molar-refractivity contribution is 14.0. The number of carbonyl (C=O) groups is 1. The zero-order valence-electron chi connectivity index (χ0n) is 17.1. The molecule has 1 saturated heterocycles. The monoisotopic (exact) mass is 505 g/mol. The highest BCUT2D eigenvalue weighted by Gasteiger charge is 2.21. The second-order valence-corrected chi connectivity index (χ2v) is 7.37. The van der Waals surface area contributed by atoms with Crippen molar-refractivity contribution < 1.29 is 14.6 Å². The van der Waals surface area contributed by atoms with Gasteiger partial charge in [-0.05, 0) is 32.9 Å². The summed E-state index contributed by atoms with van der Waals surface area (Å²) in [6, 6.07) is 7.39. The van der Waals surface area contributed by atoms with Crippen molar-refractivity contribution in [3.05, 3.63) is 24.3 Å². The van der Waals surface area contributed by atoms with E-state index in [4.69, 9.17) is 4.74 Å². The lowest BCUT2D eigenvalue weighted by Gasteiger charge is -2.37. The fourth-order valence-electron chi connectivity index (χ4n) is 2.88. The van der Waals surface area contributed by atoms with Crippen LogP contribution >= 0.6 is 24.0 Å². The third-order valence-corrected chi connectivity index (χ3v) is 4.09. The number of amides is 1. The lowest BCUT2D eigenvalue weighted by atomic mass is 10.2. The van der Waals surface area contributed by atoms with Gasteiger partial charge in [-0.3, -0.25) is 4.99 Å². The van der Waals surface area contributed by atoms with Crippen LogP contribution in [0.25, 0.3) is 0 Å². The predicted octanol–water partition coefficient (Wildman–Crippen LogP) is 2.23. The Balaban J connectivity index is 0.00000392. The van der Waals surface area contributed by atoms with Crippen LogP contribution in [0.4, 0.5) is 10.5 Å². The Labute approximate surface area is 184 Å². The standard InChI is InChI=1S/C19H31N5O3.HI/c1-19(2,3)27-18(26)22-10-9-21-17(20-4)24-13-11-23(12-14-24)15-7-5-6-8-16(15)25;/h5-8,25H,9-14H2,1-4H3,(H,20,21)(H,22,26);1H. The third kappa shape index (κ3) is 7.61. The first-order valence-corrected chi connectivity index (χ1v) is 9.25. The van der Waals surface area contributed by atoms with Gasteiger partial charge in [0.25, 0.3) is 0 Å². The molecule has 1 aromatic carbocycles. The zero-order chi connectivity index (χ0) is 19.9. The number of piperazine rings is 1. The summed E-state index contributed by atoms with van der Waals surface area (Å²) in [6.45, 7) is 9.71. The summed E-state index contributed by atoms with van der Waals surface area (Å²) in [6.07, 6.45) is -0.421. The van der Waals surface area contributed by atoms with Gasteiger partial charge in [-0.25, -0.2) is 4.79 Å². The van der Waals surface area contributed by atoms with E-state index in [1.807, 2.05) is 39.0 Å². The van der Waals surface area contributed by atoms with Crippen LogP contribution in [0.2, 0.25) is 0 Å². The molecule has 0 bridgehead atoms. The fourth-order valence-corrected chi connectivity index (χ4v) is 2.88. The molecule has 28 heavy (non-hydrogen) atoms. The van der Waals surface area contributed by atoms with E-state index in [2.05, 4.69) is 25.4 Å². The summed E-state index contributed by atoms with van der Waals surface area (Å²) >= 11 is 0. The molecule has 3 N–H and O–H groups in total. The molecule has 9 heteroatoms. The second kappa shape index (κ2) is 11.2. The summed E-state index contributed by atoms with van der Waals surface area (Å²) in [4.78, 5) is 20.3. The molecule has 1 amide bonds. The van der Waals surface area contributed by atoms with Gasteiger partial charge in [0.05, 0.1) is 5.69 Å². The SMILES string of the molecule is CN=C(NCCNC(=O)OC(C)(C)C)N1CCN(c2ccccc2O)CC1.I. The largest absolute Gasteiger partial charge is 0.506 e. The number of hydrogen-bond donors (Lipinski definition) is 3. The van der Waals surface area contributed by atoms with Crippen LogP contribution in [0.1, 0.15) is 20.8 Å². The Morgan fingerprint density at radius 3 is 2.32 bits per heavy atom. The Morgan fingerprint density at radius 1 is 1.14 bits per heavy atom. The number of alkyl carbamates (subject to hydrolysis) is 1. The molecular formula is C19H32IN5O3. The first-order valence-electron chi connectivity index (χ1n) is 9.25. The van der Waals surface area contributed by atoms with Gasteiger partial charge in [-0.2, -0.15) is 0 Å². The lowest BCUT2D eigenvalue weighted by Crippen LogP contribution is -2.53. The van der Waals surface area contributed by atoms with Crippen molar-refractivity contribution in [2.45, 2.75) is 26.4 Å². The third-order valence-electron chi connectivity index (χ3n) is 4.09. The maximum Gasteiger partial charge on any atom is 0.407 e. The Morgan fingerprint density at radius 2 is 1.75 bits per heavy atom. The maximum atomic E-state index is 11.6. The van der Waals surface area contributed by atoms with Gasteiger partial charge < -0.3 is 30.3 Å². The minimum absolute atomic E-state index is 0. The summed E-state index contributed by atoms with van der Waals surface area (Å²) in [5.41, 5.74) is 0.363. The Hall–Kier alpha value is -1.91. The molecule has 1 aliphatic heterocycles. The molecule has 158 valence electrons. The lowest BCUT2D eigenvalue weighted by molar-refractivity contribution is 0.0529. The molecule has 1 aromatic rings. The molecule has 0 radical (unpaired) electrons. The number of carbonyl (C=O) groups excluding carboxylic acids is 1. The van der Waals surface area contributed by atoms with Gasteiger partial charge in [-0.1, -0.05) is 12.1 Å². The van der Waals surface area contributed by atoms with Gasteiger partial charge in [0.2, 0.25) is 0 Å². The van der Waals surface area contributed by atoms with Gasteiger partial charge >= 0.3 is 6.09 Å². The van der Waals surface area contributed by atoms with Crippen LogP contribution in [-0.4, -0.2) is 74.0 Å². The van der Waals surface area contributed by atoms with Crippen molar-refractivity contribution in [2.24, 2.45) is 4.99 Å². The number of nitrogens with one attached hydrogen (secondary N) is 2. The number of phenolic OH excluding ortho intramolecular Hbond substituents is 1. The number of anilines is 1. The first-order chi connectivity index (χ1) is 12.8. The van der Waals surface area contributed by atoms with Crippen molar-refractivity contribution in [2.75, 3.05) is 51.2 Å². The van der Waals surface area contributed by atoms with Crippen LogP contribution in [-0.2, 0) is 4.74 Å². The van der Waals surface area contributed by atoms with E-state index in [0.717, 1.165) is 37.8 Å². The highest BCUT2D eigenvalue weighted by atomic mass is 127. The molecule has 1 aliphatic rings. The molecule has 0 aliphatic carbocycles. The van der Waals surface area contributed by atoms with E-state index >= 15 is 0 Å². The van der Waals surface area contributed by atoms with E-state index in [9.17, 15) is 9.90 Å². The number of hydrogen-bond acceptors (Lipinski definition) is 5. The topological polar surface area (TPSA) is 89.4 Å². The van der Waals surface area contributed by atoms with Crippen molar-refractivity contribution >= 4 is 41.7 Å². The normalized spacial score (nSPS) is 14.9. The number of halogens is 1. The van der Waals surface area contributed by atoms with Gasteiger partial charge in [0.1, 0.15) is 11.4 Å². The Bertz CT molecular complexity index is 655. The molecule has 1 fully saturated rings. The number of ether oxygens (including phenoxy) is 1.